The van der Waals surface area contributed by atoms with Gasteiger partial charge in [-0.05, 0) is 42.6 Å². The van der Waals surface area contributed by atoms with Gasteiger partial charge in [-0.1, -0.05) is 28.1 Å². The Labute approximate surface area is 146 Å². The number of nitrogens with zero attached hydrogens (tertiary/aromatic N) is 1. The Bertz CT molecular complexity index is 839. The van der Waals surface area contributed by atoms with Crippen molar-refractivity contribution in [3.8, 4) is 11.3 Å². The predicted molar refractivity (Wildman–Crippen MR) is 93.3 cm³/mol. The number of furan rings is 1. The fourth-order valence-corrected chi connectivity index (χ4v) is 2.53. The number of nitrogens with one attached hydrogen (secondary N) is 1. The third-order valence-corrected chi connectivity index (χ3v) is 4.25. The lowest BCUT2D eigenvalue weighted by Crippen LogP contribution is -2.52. The van der Waals surface area contributed by atoms with E-state index < -0.39 is 11.8 Å². The Morgan fingerprint density at radius 3 is 2.57 bits per heavy atom. The molecule has 3 rings (SSSR count). The first kappa shape index (κ1) is 15.6. The van der Waals surface area contributed by atoms with Crippen molar-refractivity contribution in [2.45, 2.75) is 0 Å². The first-order valence-corrected chi connectivity index (χ1v) is 7.86. The molecule has 116 valence electrons. The molecular formula is C16H11BrN2O3S. The van der Waals surface area contributed by atoms with E-state index in [-0.39, 0.29) is 10.7 Å². The van der Waals surface area contributed by atoms with Crippen LogP contribution in [0.1, 0.15) is 5.76 Å². The number of hydrogen-bond donors (Lipinski definition) is 1. The standard InChI is InChI=1S/C16H11BrN2O3S/c1-19-15(21)12(14(20)18-16(19)23)8-11-6-7-13(22-11)9-2-4-10(17)5-3-9/h2-8H,1H3,(H,18,20,23)/b12-8-. The molecule has 0 bridgehead atoms. The summed E-state index contributed by atoms with van der Waals surface area (Å²) in [6, 6.07) is 11.1. The highest BCUT2D eigenvalue weighted by atomic mass is 79.9. The van der Waals surface area contributed by atoms with E-state index in [0.717, 1.165) is 10.0 Å². The highest BCUT2D eigenvalue weighted by Crippen LogP contribution is 2.25. The van der Waals surface area contributed by atoms with Crippen molar-refractivity contribution in [3.63, 3.8) is 0 Å². The van der Waals surface area contributed by atoms with Gasteiger partial charge in [0.25, 0.3) is 11.8 Å². The van der Waals surface area contributed by atoms with Gasteiger partial charge in [0.2, 0.25) is 0 Å². The number of likely N-dealkylation sites (N-methyl/N-ethyl adjacent to an activating group) is 1. The minimum Gasteiger partial charge on any atom is -0.457 e. The molecule has 2 amide bonds. The van der Waals surface area contributed by atoms with Crippen molar-refractivity contribution in [3.05, 3.63) is 52.2 Å². The highest BCUT2D eigenvalue weighted by molar-refractivity contribution is 9.10. The van der Waals surface area contributed by atoms with Crippen LogP contribution in [-0.2, 0) is 9.59 Å². The Balaban J connectivity index is 1.91. The maximum absolute atomic E-state index is 12.1. The zero-order chi connectivity index (χ0) is 16.6. The van der Waals surface area contributed by atoms with Gasteiger partial charge >= 0.3 is 0 Å². The van der Waals surface area contributed by atoms with Gasteiger partial charge in [0.15, 0.2) is 5.11 Å². The summed E-state index contributed by atoms with van der Waals surface area (Å²) in [6.07, 6.45) is 1.41. The maximum atomic E-state index is 12.1. The number of carbonyl (C=O) groups is 2. The first-order chi connectivity index (χ1) is 11.0. The average Bonchev–Trinajstić information content (AvgIpc) is 2.99. The molecule has 2 heterocycles. The molecule has 0 aliphatic carbocycles. The highest BCUT2D eigenvalue weighted by Gasteiger charge is 2.31. The SMILES string of the molecule is CN1C(=O)/C(=C\c2ccc(-c3ccc(Br)cc3)o2)C(=O)NC1=S. The predicted octanol–water partition coefficient (Wildman–Crippen LogP) is 2.97. The van der Waals surface area contributed by atoms with Crippen LogP contribution in [0.15, 0.2) is 50.9 Å². The normalized spacial score (nSPS) is 16.9. The zero-order valence-corrected chi connectivity index (χ0v) is 14.4. The molecule has 0 radical (unpaired) electrons. The Kier molecular flexibility index (Phi) is 4.14. The number of benzene rings is 1. The second-order valence-corrected chi connectivity index (χ2v) is 6.19. The molecule has 1 fully saturated rings. The van der Waals surface area contributed by atoms with Crippen molar-refractivity contribution in [1.82, 2.24) is 10.2 Å². The summed E-state index contributed by atoms with van der Waals surface area (Å²) in [5, 5.41) is 2.55. The molecule has 7 heteroatoms. The number of amides is 2. The number of carbonyl (C=O) groups excluding carboxylic acids is 2. The number of rotatable bonds is 2. The monoisotopic (exact) mass is 390 g/mol. The van der Waals surface area contributed by atoms with E-state index in [1.807, 2.05) is 24.3 Å². The summed E-state index contributed by atoms with van der Waals surface area (Å²) in [5.41, 5.74) is 0.883. The van der Waals surface area contributed by atoms with Crippen LogP contribution in [-0.4, -0.2) is 28.9 Å². The summed E-state index contributed by atoms with van der Waals surface area (Å²) in [6.45, 7) is 0. The molecule has 2 aromatic rings. The fourth-order valence-electron chi connectivity index (χ4n) is 2.09. The first-order valence-electron chi connectivity index (χ1n) is 6.66. The van der Waals surface area contributed by atoms with Gasteiger partial charge in [0, 0.05) is 17.1 Å². The van der Waals surface area contributed by atoms with Crippen LogP contribution in [0, 0.1) is 0 Å². The number of halogens is 1. The summed E-state index contributed by atoms with van der Waals surface area (Å²) in [7, 11) is 1.51. The Hall–Kier alpha value is -2.25. The van der Waals surface area contributed by atoms with Crippen molar-refractivity contribution >= 4 is 51.2 Å². The third-order valence-electron chi connectivity index (χ3n) is 3.35. The lowest BCUT2D eigenvalue weighted by molar-refractivity contribution is -0.128. The van der Waals surface area contributed by atoms with Crippen LogP contribution in [0.25, 0.3) is 17.4 Å². The maximum Gasteiger partial charge on any atom is 0.265 e. The molecule has 1 aliphatic heterocycles. The molecule has 1 saturated heterocycles. The molecule has 0 atom stereocenters. The number of hydrogen-bond acceptors (Lipinski definition) is 4. The zero-order valence-electron chi connectivity index (χ0n) is 12.0. The van der Waals surface area contributed by atoms with Gasteiger partial charge in [0.05, 0.1) is 0 Å². The van der Waals surface area contributed by atoms with Crippen LogP contribution < -0.4 is 5.32 Å². The Morgan fingerprint density at radius 2 is 1.87 bits per heavy atom. The van der Waals surface area contributed by atoms with E-state index in [1.165, 1.54) is 18.0 Å². The second-order valence-electron chi connectivity index (χ2n) is 4.89. The van der Waals surface area contributed by atoms with E-state index in [2.05, 4.69) is 21.2 Å². The molecule has 5 nitrogen and oxygen atoms in total. The van der Waals surface area contributed by atoms with Crippen LogP contribution >= 0.6 is 28.1 Å². The van der Waals surface area contributed by atoms with E-state index in [0.29, 0.717) is 11.5 Å². The smallest absolute Gasteiger partial charge is 0.265 e. The molecule has 1 aromatic carbocycles. The molecular weight excluding hydrogens is 380 g/mol. The molecule has 0 spiro atoms. The number of thiocarbonyl (C=S) groups is 1. The van der Waals surface area contributed by atoms with Gasteiger partial charge in [-0.25, -0.2) is 0 Å². The molecule has 0 unspecified atom stereocenters. The van der Waals surface area contributed by atoms with E-state index >= 15 is 0 Å². The summed E-state index contributed by atoms with van der Waals surface area (Å²) >= 11 is 8.27. The molecule has 23 heavy (non-hydrogen) atoms. The summed E-state index contributed by atoms with van der Waals surface area (Å²) in [5.74, 6) is 0.0829. The van der Waals surface area contributed by atoms with Crippen LogP contribution in [0.5, 0.6) is 0 Å². The largest absolute Gasteiger partial charge is 0.457 e. The quantitative estimate of drug-likeness (QED) is 0.486. The van der Waals surface area contributed by atoms with E-state index in [9.17, 15) is 9.59 Å². The van der Waals surface area contributed by atoms with Gasteiger partial charge in [0.1, 0.15) is 17.1 Å². The van der Waals surface area contributed by atoms with Gasteiger partial charge in [-0.3, -0.25) is 19.8 Å². The van der Waals surface area contributed by atoms with E-state index in [1.54, 1.807) is 12.1 Å². The van der Waals surface area contributed by atoms with Crippen LogP contribution in [0.4, 0.5) is 0 Å². The van der Waals surface area contributed by atoms with Crippen LogP contribution in [0.2, 0.25) is 0 Å². The second kappa shape index (κ2) is 6.10. The van der Waals surface area contributed by atoms with Gasteiger partial charge < -0.3 is 4.42 Å². The lowest BCUT2D eigenvalue weighted by atomic mass is 10.1. The van der Waals surface area contributed by atoms with Crippen LogP contribution in [0.3, 0.4) is 0 Å². The summed E-state index contributed by atoms with van der Waals surface area (Å²) < 4.78 is 6.67. The van der Waals surface area contributed by atoms with Crippen molar-refractivity contribution < 1.29 is 14.0 Å². The molecule has 1 aromatic heterocycles. The van der Waals surface area contributed by atoms with E-state index in [4.69, 9.17) is 16.6 Å². The molecule has 1 aliphatic rings. The minimum absolute atomic E-state index is 0.0159. The third kappa shape index (κ3) is 3.11. The minimum atomic E-state index is -0.528. The van der Waals surface area contributed by atoms with Gasteiger partial charge in [-0.2, -0.15) is 0 Å². The topological polar surface area (TPSA) is 62.6 Å². The lowest BCUT2D eigenvalue weighted by Gasteiger charge is -2.24. The van der Waals surface area contributed by atoms with Crippen molar-refractivity contribution in [2.24, 2.45) is 0 Å². The molecule has 0 saturated carbocycles. The van der Waals surface area contributed by atoms with Crippen molar-refractivity contribution in [1.29, 1.82) is 0 Å². The average molecular weight is 391 g/mol. The molecule has 1 N–H and O–H groups in total. The fraction of sp³-hybridized carbons (Fsp3) is 0.0625. The summed E-state index contributed by atoms with van der Waals surface area (Å²) in [4.78, 5) is 25.3. The Morgan fingerprint density at radius 1 is 1.17 bits per heavy atom. The van der Waals surface area contributed by atoms with Crippen molar-refractivity contribution in [2.75, 3.05) is 7.05 Å². The van der Waals surface area contributed by atoms with Gasteiger partial charge in [-0.15, -0.1) is 0 Å².